The van der Waals surface area contributed by atoms with Crippen molar-refractivity contribution in [1.29, 1.82) is 0 Å². The summed E-state index contributed by atoms with van der Waals surface area (Å²) in [6, 6.07) is 7.62. The molecule has 7 heteroatoms. The van der Waals surface area contributed by atoms with Crippen molar-refractivity contribution in [3.8, 4) is 0 Å². The predicted octanol–water partition coefficient (Wildman–Crippen LogP) is 4.20. The molecule has 4 N–H and O–H groups in total. The lowest BCUT2D eigenvalue weighted by Crippen LogP contribution is -2.59. The van der Waals surface area contributed by atoms with E-state index in [9.17, 15) is 24.6 Å². The van der Waals surface area contributed by atoms with Gasteiger partial charge >= 0.3 is 0 Å². The summed E-state index contributed by atoms with van der Waals surface area (Å²) in [5.41, 5.74) is 1.74. The largest absolute Gasteiger partial charge is 0.504 e. The van der Waals surface area contributed by atoms with Crippen LogP contribution in [-0.2, 0) is 20.8 Å². The lowest BCUT2D eigenvalue weighted by Gasteiger charge is -2.49. The molecule has 39 heavy (non-hydrogen) atoms. The number of aromatic nitrogens is 1. The number of hydrogen-bond donors (Lipinski definition) is 4. The lowest BCUT2D eigenvalue weighted by atomic mass is 9.51. The van der Waals surface area contributed by atoms with E-state index in [1.807, 2.05) is 56.5 Å². The minimum atomic E-state index is -1.54. The fourth-order valence-corrected chi connectivity index (χ4v) is 8.40. The summed E-state index contributed by atoms with van der Waals surface area (Å²) in [6.07, 6.45) is 5.63. The molecule has 1 amide bonds. The number of Topliss-reactive ketones (excluding diaryl/α,β-unsaturated/α-hetero) is 2. The molecule has 0 bridgehead atoms. The van der Waals surface area contributed by atoms with Crippen molar-refractivity contribution in [2.45, 2.75) is 52.2 Å². The summed E-state index contributed by atoms with van der Waals surface area (Å²) >= 11 is 0. The SMILES string of the molecule is C=C1[C@@H](C)[C@H]2[C@H](Cc3c[nH]c4ccccc34)NC(=O)[C@]23C(=O)C[C@H]2C(=O)C(O)=C(C)[C@@H]2[C@@H](C)C/C=C\[C@H]3[C@@H]1O. The highest BCUT2D eigenvalue weighted by Crippen LogP contribution is 2.58. The Morgan fingerprint density at radius 1 is 1.15 bits per heavy atom. The number of carbonyl (C=O) groups excluding carboxylic acids is 3. The fourth-order valence-electron chi connectivity index (χ4n) is 8.40. The number of benzene rings is 1. The Balaban J connectivity index is 1.47. The van der Waals surface area contributed by atoms with E-state index in [0.717, 1.165) is 16.5 Å². The van der Waals surface area contributed by atoms with Gasteiger partial charge in [0.15, 0.2) is 5.76 Å². The number of para-hydroxylation sites is 1. The second-order valence-corrected chi connectivity index (χ2v) is 12.2. The lowest BCUT2D eigenvalue weighted by molar-refractivity contribution is -0.153. The van der Waals surface area contributed by atoms with E-state index in [1.54, 1.807) is 6.92 Å². The summed E-state index contributed by atoms with van der Waals surface area (Å²) in [4.78, 5) is 45.2. The number of carbonyl (C=O) groups is 3. The van der Waals surface area contributed by atoms with Crippen LogP contribution >= 0.6 is 0 Å². The van der Waals surface area contributed by atoms with Crippen molar-refractivity contribution >= 4 is 28.4 Å². The van der Waals surface area contributed by atoms with Crippen molar-refractivity contribution in [1.82, 2.24) is 10.3 Å². The standard InChI is InChI=1S/C32H36N2O5/c1-15-8-7-10-22-28(36)17(3)16(2)27-24(12-19-14-33-23-11-6-5-9-20(19)23)34-31(39)32(22,27)25(35)13-21-26(15)18(4)29(37)30(21)38/h5-7,9-11,14-16,21-22,24,26-28,33,36-37H,3,8,12-13H2,1-2,4H3,(H,34,39)/b10-7-/t15-,16+,21+,22-,24-,26-,27-,28+,32+/m0/s1. The van der Waals surface area contributed by atoms with Gasteiger partial charge in [-0.1, -0.05) is 50.8 Å². The van der Waals surface area contributed by atoms with Gasteiger partial charge in [-0.3, -0.25) is 14.4 Å². The molecule has 1 aromatic carbocycles. The monoisotopic (exact) mass is 528 g/mol. The molecule has 0 radical (unpaired) electrons. The molecule has 1 saturated heterocycles. The normalized spacial score (nSPS) is 39.4. The zero-order valence-corrected chi connectivity index (χ0v) is 22.6. The van der Waals surface area contributed by atoms with E-state index in [0.29, 0.717) is 24.0 Å². The van der Waals surface area contributed by atoms with E-state index in [2.05, 4.69) is 16.9 Å². The Labute approximate surface area is 228 Å². The Kier molecular flexibility index (Phi) is 5.99. The average molecular weight is 529 g/mol. The van der Waals surface area contributed by atoms with Crippen LogP contribution in [0.4, 0.5) is 0 Å². The number of aliphatic hydroxyl groups excluding tert-OH is 2. The van der Waals surface area contributed by atoms with Gasteiger partial charge in [0.2, 0.25) is 11.7 Å². The van der Waals surface area contributed by atoms with Gasteiger partial charge in [0.25, 0.3) is 0 Å². The van der Waals surface area contributed by atoms with Crippen LogP contribution in [0.5, 0.6) is 0 Å². The second kappa shape index (κ2) is 9.05. The topological polar surface area (TPSA) is 119 Å². The maximum Gasteiger partial charge on any atom is 0.235 e. The smallest absolute Gasteiger partial charge is 0.235 e. The molecule has 2 heterocycles. The van der Waals surface area contributed by atoms with E-state index in [4.69, 9.17) is 0 Å². The average Bonchev–Trinajstić information content (AvgIpc) is 3.52. The second-order valence-electron chi connectivity index (χ2n) is 12.2. The van der Waals surface area contributed by atoms with Crippen LogP contribution in [0.2, 0.25) is 0 Å². The maximum absolute atomic E-state index is 14.6. The first kappa shape index (κ1) is 25.8. The quantitative estimate of drug-likeness (QED) is 0.344. The molecule has 9 atom stereocenters. The number of H-pyrrole nitrogens is 1. The van der Waals surface area contributed by atoms with Crippen molar-refractivity contribution in [2.75, 3.05) is 0 Å². The van der Waals surface area contributed by atoms with Gasteiger partial charge in [-0.25, -0.2) is 0 Å². The summed E-state index contributed by atoms with van der Waals surface area (Å²) in [5, 5.41) is 26.3. The first-order valence-electron chi connectivity index (χ1n) is 14.0. The van der Waals surface area contributed by atoms with Gasteiger partial charge in [0.05, 0.1) is 6.10 Å². The number of aromatic amines is 1. The summed E-state index contributed by atoms with van der Waals surface area (Å²) in [5.74, 6) is -3.93. The number of aliphatic hydroxyl groups is 2. The van der Waals surface area contributed by atoms with E-state index >= 15 is 0 Å². The fraction of sp³-hybridized carbons (Fsp3) is 0.469. The van der Waals surface area contributed by atoms with E-state index in [1.165, 1.54) is 0 Å². The van der Waals surface area contributed by atoms with Gasteiger partial charge in [0, 0.05) is 47.3 Å². The minimum Gasteiger partial charge on any atom is -0.504 e. The Morgan fingerprint density at radius 2 is 1.90 bits per heavy atom. The maximum atomic E-state index is 14.6. The summed E-state index contributed by atoms with van der Waals surface area (Å²) < 4.78 is 0. The third kappa shape index (κ3) is 3.48. The summed E-state index contributed by atoms with van der Waals surface area (Å²) in [7, 11) is 0. The first-order valence-corrected chi connectivity index (χ1v) is 14.0. The molecule has 6 rings (SSSR count). The van der Waals surface area contributed by atoms with Gasteiger partial charge in [0.1, 0.15) is 11.2 Å². The number of fused-ring (bicyclic) bond motifs is 2. The molecule has 1 spiro atoms. The molecule has 204 valence electrons. The van der Waals surface area contributed by atoms with Crippen LogP contribution < -0.4 is 5.32 Å². The van der Waals surface area contributed by atoms with Crippen LogP contribution in [0.1, 0.15) is 39.2 Å². The van der Waals surface area contributed by atoms with Gasteiger partial charge in [-0.05, 0) is 60.3 Å². The molecular weight excluding hydrogens is 492 g/mol. The molecule has 2 fully saturated rings. The zero-order valence-electron chi connectivity index (χ0n) is 22.6. The third-order valence-electron chi connectivity index (χ3n) is 10.3. The van der Waals surface area contributed by atoms with Gasteiger partial charge < -0.3 is 20.5 Å². The van der Waals surface area contributed by atoms with E-state index in [-0.39, 0.29) is 47.7 Å². The van der Waals surface area contributed by atoms with Crippen molar-refractivity contribution in [2.24, 2.45) is 40.9 Å². The van der Waals surface area contributed by atoms with Crippen LogP contribution in [0, 0.1) is 40.9 Å². The molecule has 0 unspecified atom stereocenters. The van der Waals surface area contributed by atoms with E-state index < -0.39 is 35.1 Å². The highest BCUT2D eigenvalue weighted by atomic mass is 16.3. The van der Waals surface area contributed by atoms with Crippen molar-refractivity contribution in [3.05, 3.63) is 71.7 Å². The number of ketones is 2. The molecular formula is C32H36N2O5. The van der Waals surface area contributed by atoms with Gasteiger partial charge in [-0.15, -0.1) is 0 Å². The molecule has 1 saturated carbocycles. The molecule has 1 aliphatic heterocycles. The Hall–Kier alpha value is -3.45. The van der Waals surface area contributed by atoms with Crippen LogP contribution in [0.25, 0.3) is 10.9 Å². The third-order valence-corrected chi connectivity index (χ3v) is 10.3. The minimum absolute atomic E-state index is 0.00683. The van der Waals surface area contributed by atoms with Crippen molar-refractivity contribution in [3.63, 3.8) is 0 Å². The first-order chi connectivity index (χ1) is 18.6. The number of hydrogen-bond acceptors (Lipinski definition) is 5. The van der Waals surface area contributed by atoms with Crippen molar-refractivity contribution < 1.29 is 24.6 Å². The predicted molar refractivity (Wildman–Crippen MR) is 148 cm³/mol. The Morgan fingerprint density at radius 3 is 2.67 bits per heavy atom. The zero-order chi connectivity index (χ0) is 27.8. The van der Waals surface area contributed by atoms with Gasteiger partial charge in [-0.2, -0.15) is 0 Å². The summed E-state index contributed by atoms with van der Waals surface area (Å²) in [6.45, 7) is 9.93. The number of nitrogens with one attached hydrogen (secondary N) is 2. The highest BCUT2D eigenvalue weighted by molar-refractivity contribution is 6.11. The number of allylic oxidation sites excluding steroid dienone is 3. The molecule has 2 aromatic rings. The number of amides is 1. The molecule has 1 aromatic heterocycles. The van der Waals surface area contributed by atoms with Crippen LogP contribution in [0.3, 0.4) is 0 Å². The Bertz CT molecular complexity index is 1470. The number of rotatable bonds is 2. The van der Waals surface area contributed by atoms with Crippen LogP contribution in [0.15, 0.2) is 66.1 Å². The molecule has 3 aliphatic carbocycles. The molecule has 7 nitrogen and oxygen atoms in total. The highest BCUT2D eigenvalue weighted by Gasteiger charge is 2.69. The molecule has 4 aliphatic rings. The van der Waals surface area contributed by atoms with Crippen LogP contribution in [-0.4, -0.2) is 44.8 Å².